The van der Waals surface area contributed by atoms with Crippen molar-refractivity contribution in [1.82, 2.24) is 4.98 Å². The minimum absolute atomic E-state index is 0.227. The smallest absolute Gasteiger partial charge is 0.256 e. The summed E-state index contributed by atoms with van der Waals surface area (Å²) in [6, 6.07) is 5.53. The van der Waals surface area contributed by atoms with E-state index in [1.807, 2.05) is 18.2 Å². The Labute approximate surface area is 133 Å². The normalized spacial score (nSPS) is 12.7. The van der Waals surface area contributed by atoms with Gasteiger partial charge in [0.25, 0.3) is 5.91 Å². The summed E-state index contributed by atoms with van der Waals surface area (Å²) in [6.45, 7) is 3.78. The van der Waals surface area contributed by atoms with E-state index in [4.69, 9.17) is 14.2 Å². The van der Waals surface area contributed by atoms with Gasteiger partial charge in [-0.3, -0.25) is 4.79 Å². The monoisotopic (exact) mass is 312 g/mol. The van der Waals surface area contributed by atoms with Gasteiger partial charge in [-0.2, -0.15) is 0 Å². The van der Waals surface area contributed by atoms with Crippen molar-refractivity contribution < 1.29 is 19.0 Å². The second-order valence-corrected chi connectivity index (χ2v) is 4.97. The molecule has 1 aromatic heterocycles. The molecular formula is C17H16N2O4. The quantitative estimate of drug-likeness (QED) is 0.879. The lowest BCUT2D eigenvalue weighted by atomic mass is 10.0. The highest BCUT2D eigenvalue weighted by Gasteiger charge is 2.24. The molecule has 0 radical (unpaired) electrons. The van der Waals surface area contributed by atoms with E-state index >= 15 is 0 Å². The van der Waals surface area contributed by atoms with Gasteiger partial charge in [-0.05, 0) is 23.8 Å². The topological polar surface area (TPSA) is 69.7 Å². The Hall–Kier alpha value is -3.02. The van der Waals surface area contributed by atoms with Gasteiger partial charge in [-0.15, -0.1) is 0 Å². The lowest BCUT2D eigenvalue weighted by Crippen LogP contribution is -2.03. The van der Waals surface area contributed by atoms with Crippen LogP contribution < -0.4 is 19.5 Å². The first-order chi connectivity index (χ1) is 11.1. The predicted octanol–water partition coefficient (Wildman–Crippen LogP) is 2.74. The number of ether oxygens (including phenoxy) is 3. The number of pyridine rings is 1. The Morgan fingerprint density at radius 2 is 1.65 bits per heavy atom. The zero-order chi connectivity index (χ0) is 16.6. The maximum atomic E-state index is 11.7. The first-order valence-corrected chi connectivity index (χ1v) is 6.90. The van der Waals surface area contributed by atoms with Gasteiger partial charge in [0.05, 0.1) is 21.3 Å². The highest BCUT2D eigenvalue weighted by atomic mass is 16.5. The number of rotatable bonds is 4. The Bertz CT molecular complexity index is 789. The van der Waals surface area contributed by atoms with Gasteiger partial charge >= 0.3 is 0 Å². The van der Waals surface area contributed by atoms with Crippen molar-refractivity contribution in [3.63, 3.8) is 0 Å². The summed E-state index contributed by atoms with van der Waals surface area (Å²) in [7, 11) is 4.68. The van der Waals surface area contributed by atoms with Crippen LogP contribution in [0.15, 0.2) is 31.0 Å². The van der Waals surface area contributed by atoms with E-state index < -0.39 is 0 Å². The van der Waals surface area contributed by atoms with Gasteiger partial charge in [0, 0.05) is 22.9 Å². The van der Waals surface area contributed by atoms with Crippen molar-refractivity contribution in [3.8, 4) is 28.4 Å². The summed E-state index contributed by atoms with van der Waals surface area (Å²) in [6.07, 6.45) is 1.68. The van der Waals surface area contributed by atoms with Crippen LogP contribution in [0.25, 0.3) is 16.7 Å². The average molecular weight is 312 g/mol. The van der Waals surface area contributed by atoms with E-state index in [-0.39, 0.29) is 5.91 Å². The number of amides is 1. The third-order valence-electron chi connectivity index (χ3n) is 3.72. The number of nitrogens with zero attached hydrogens (tertiary/aromatic N) is 1. The van der Waals surface area contributed by atoms with Gasteiger partial charge < -0.3 is 19.5 Å². The fraction of sp³-hybridized carbons (Fsp3) is 0.176. The minimum atomic E-state index is -0.227. The van der Waals surface area contributed by atoms with Crippen molar-refractivity contribution in [1.29, 1.82) is 0 Å². The van der Waals surface area contributed by atoms with Crippen LogP contribution in [0, 0.1) is 0 Å². The number of hydrogen-bond donors (Lipinski definition) is 1. The number of carbonyl (C=O) groups is 1. The lowest BCUT2D eigenvalue weighted by Gasteiger charge is -2.14. The highest BCUT2D eigenvalue weighted by molar-refractivity contribution is 6.30. The number of benzene rings is 1. The van der Waals surface area contributed by atoms with Crippen LogP contribution in [0.3, 0.4) is 0 Å². The fourth-order valence-corrected chi connectivity index (χ4v) is 2.51. The molecule has 0 fully saturated rings. The number of anilines is 1. The van der Waals surface area contributed by atoms with E-state index in [2.05, 4.69) is 16.9 Å². The number of carbonyl (C=O) groups excluding carboxylic acids is 1. The number of aromatic nitrogens is 1. The van der Waals surface area contributed by atoms with Crippen LogP contribution in [-0.2, 0) is 4.79 Å². The molecule has 1 aliphatic rings. The van der Waals surface area contributed by atoms with Gasteiger partial charge in [-0.25, -0.2) is 4.98 Å². The fourth-order valence-electron chi connectivity index (χ4n) is 2.51. The van der Waals surface area contributed by atoms with E-state index in [1.54, 1.807) is 27.5 Å². The van der Waals surface area contributed by atoms with Crippen LogP contribution >= 0.6 is 0 Å². The standard InChI is InChI=1S/C17H16N2O4/c1-9-12-5-11(8-18-16(12)19-17(9)20)10-6-13(21-2)15(23-4)14(7-10)22-3/h5-8H,1H2,2-4H3,(H,18,19,20). The molecule has 2 aromatic rings. The molecule has 6 nitrogen and oxygen atoms in total. The van der Waals surface area contributed by atoms with Crippen LogP contribution in [0.1, 0.15) is 5.56 Å². The van der Waals surface area contributed by atoms with Crippen LogP contribution in [0.2, 0.25) is 0 Å². The molecule has 0 spiro atoms. The molecule has 23 heavy (non-hydrogen) atoms. The zero-order valence-corrected chi connectivity index (χ0v) is 13.1. The Morgan fingerprint density at radius 3 is 2.22 bits per heavy atom. The van der Waals surface area contributed by atoms with Gasteiger partial charge in [0.1, 0.15) is 5.82 Å². The molecule has 1 amide bonds. The summed E-state index contributed by atoms with van der Waals surface area (Å²) in [5, 5.41) is 2.67. The second kappa shape index (κ2) is 5.64. The van der Waals surface area contributed by atoms with Crippen molar-refractivity contribution in [2.45, 2.75) is 0 Å². The molecule has 0 saturated heterocycles. The second-order valence-electron chi connectivity index (χ2n) is 4.97. The maximum absolute atomic E-state index is 11.7. The molecule has 1 aromatic carbocycles. The molecule has 0 atom stereocenters. The molecule has 0 bridgehead atoms. The van der Waals surface area contributed by atoms with Crippen molar-refractivity contribution in [2.75, 3.05) is 26.6 Å². The van der Waals surface area contributed by atoms with Gasteiger partial charge in [0.15, 0.2) is 11.5 Å². The largest absolute Gasteiger partial charge is 0.493 e. The SMILES string of the molecule is C=C1C(=O)Nc2ncc(-c3cc(OC)c(OC)c(OC)c3)cc21. The highest BCUT2D eigenvalue weighted by Crippen LogP contribution is 2.42. The molecule has 6 heteroatoms. The van der Waals surface area contributed by atoms with Crippen molar-refractivity contribution in [3.05, 3.63) is 36.5 Å². The lowest BCUT2D eigenvalue weighted by molar-refractivity contribution is -0.110. The molecule has 1 N–H and O–H groups in total. The molecular weight excluding hydrogens is 296 g/mol. The molecule has 2 heterocycles. The van der Waals surface area contributed by atoms with Gasteiger partial charge in [-0.1, -0.05) is 6.58 Å². The summed E-state index contributed by atoms with van der Waals surface area (Å²) in [4.78, 5) is 15.9. The third-order valence-corrected chi connectivity index (χ3v) is 3.72. The van der Waals surface area contributed by atoms with Crippen LogP contribution in [0.5, 0.6) is 17.2 Å². The zero-order valence-electron chi connectivity index (χ0n) is 13.1. The Morgan fingerprint density at radius 1 is 1.00 bits per heavy atom. The first kappa shape index (κ1) is 14.9. The maximum Gasteiger partial charge on any atom is 0.256 e. The average Bonchev–Trinajstić information content (AvgIpc) is 2.87. The van der Waals surface area contributed by atoms with E-state index in [9.17, 15) is 4.79 Å². The Balaban J connectivity index is 2.13. The molecule has 118 valence electrons. The first-order valence-electron chi connectivity index (χ1n) is 6.90. The summed E-state index contributed by atoms with van der Waals surface area (Å²) >= 11 is 0. The van der Waals surface area contributed by atoms with E-state index in [1.165, 1.54) is 0 Å². The van der Waals surface area contributed by atoms with E-state index in [0.717, 1.165) is 11.1 Å². The van der Waals surface area contributed by atoms with Crippen molar-refractivity contribution in [2.24, 2.45) is 0 Å². The number of nitrogens with one attached hydrogen (secondary N) is 1. The van der Waals surface area contributed by atoms with Crippen LogP contribution in [-0.4, -0.2) is 32.2 Å². The number of methoxy groups -OCH3 is 3. The molecule has 3 rings (SSSR count). The Kier molecular flexibility index (Phi) is 3.65. The third kappa shape index (κ3) is 2.38. The molecule has 0 saturated carbocycles. The van der Waals surface area contributed by atoms with E-state index in [0.29, 0.717) is 34.2 Å². The molecule has 0 aliphatic carbocycles. The summed E-state index contributed by atoms with van der Waals surface area (Å²) in [5.74, 6) is 1.92. The summed E-state index contributed by atoms with van der Waals surface area (Å²) in [5.41, 5.74) is 2.76. The van der Waals surface area contributed by atoms with Crippen molar-refractivity contribution >= 4 is 17.3 Å². The molecule has 1 aliphatic heterocycles. The molecule has 0 unspecified atom stereocenters. The minimum Gasteiger partial charge on any atom is -0.493 e. The van der Waals surface area contributed by atoms with Gasteiger partial charge in [0.2, 0.25) is 5.75 Å². The summed E-state index contributed by atoms with van der Waals surface area (Å²) < 4.78 is 16.0. The van der Waals surface area contributed by atoms with Crippen LogP contribution in [0.4, 0.5) is 5.82 Å². The number of fused-ring (bicyclic) bond motifs is 1. The number of hydrogen-bond acceptors (Lipinski definition) is 5. The predicted molar refractivity (Wildman–Crippen MR) is 87.0 cm³/mol.